The van der Waals surface area contributed by atoms with Crippen molar-refractivity contribution in [3.8, 4) is 0 Å². The number of nitrogens with one attached hydrogen (secondary N) is 14. The molecule has 4 aromatic carbocycles. The highest BCUT2D eigenvalue weighted by molar-refractivity contribution is 8.15. The van der Waals surface area contributed by atoms with Crippen LogP contribution in [0, 0.1) is 0 Å². The van der Waals surface area contributed by atoms with Crippen molar-refractivity contribution in [3.63, 3.8) is 0 Å². The molecule has 0 fully saturated rings. The molecule has 0 aliphatic carbocycles. The van der Waals surface area contributed by atoms with Crippen LogP contribution in [-0.4, -0.2) is 308 Å². The topological polar surface area (TPSA) is 679 Å². The van der Waals surface area contributed by atoms with Crippen LogP contribution in [0.2, 0.25) is 13.6 Å². The van der Waals surface area contributed by atoms with Crippen molar-refractivity contribution in [2.45, 2.75) is 66.0 Å². The Bertz CT molecular complexity index is 4440. The zero-order valence-corrected chi connectivity index (χ0v) is 78.2. The maximum atomic E-state index is 11.9. The number of Topliss-reactive ketones (excluding diaryl/α,β-unsaturated/α-hetero) is 1. The molecule has 0 aliphatic heterocycles. The van der Waals surface area contributed by atoms with Gasteiger partial charge in [0.05, 0.1) is 95.2 Å². The zero-order chi connectivity index (χ0) is 101. The SMILES string of the molecule is C=C(C)C(=O)CCCCOC(=O)CNC(=O)CNC(=O)CNC(=O)CSC(=O)c1ccccc1.C=C(C)C(=O)Cl.CB(O)NCCCO.CB(O)NCCCOC(=O)CNC(=O)CNC(=O)CNC(=O)CSC(=O)c1ccccc1.NCCCOC(=O)CNC(=O)CNC(=O)CNC(=O)CSC(=O)c1ccccc1.O=C(O)CNC(=O)CNC(=O)CNC(=O)CSC(=O)c1ccccc1. The van der Waals surface area contributed by atoms with Crippen LogP contribution in [0.4, 0.5) is 0 Å². The molecule has 134 heavy (non-hydrogen) atoms. The summed E-state index contributed by atoms with van der Waals surface area (Å²) in [6.07, 6.45) is 3.15. The van der Waals surface area contributed by atoms with E-state index in [4.69, 9.17) is 51.8 Å². The average Bonchev–Trinajstić information content (AvgIpc) is 0.921. The molecule has 0 radical (unpaired) electrons. The van der Waals surface area contributed by atoms with Gasteiger partial charge in [-0.15, -0.1) is 0 Å². The molecule has 0 bridgehead atoms. The Kier molecular flexibility index (Phi) is 72.9. The quantitative estimate of drug-likeness (QED) is 0.00542. The van der Waals surface area contributed by atoms with Crippen molar-refractivity contribution in [2.75, 3.05) is 148 Å². The van der Waals surface area contributed by atoms with Crippen LogP contribution in [-0.2, 0) is 101 Å². The first kappa shape index (κ1) is 124. The largest absolute Gasteiger partial charge is 0.480 e. The van der Waals surface area contributed by atoms with Gasteiger partial charge in [0.25, 0.3) is 0 Å². The minimum absolute atomic E-state index is 0.0303. The molecule has 0 aromatic heterocycles. The summed E-state index contributed by atoms with van der Waals surface area (Å²) < 4.78 is 14.6. The van der Waals surface area contributed by atoms with Gasteiger partial charge in [0.15, 0.2) is 5.78 Å². The molecule has 732 valence electrons. The molecule has 0 saturated carbocycles. The Labute approximate surface area is 795 Å². The zero-order valence-electron chi connectivity index (χ0n) is 74.2. The molecule has 0 atom stereocenters. The highest BCUT2D eigenvalue weighted by Crippen LogP contribution is 2.15. The predicted octanol–water partition coefficient (Wildman–Crippen LogP) is -2.50. The number of halogens is 1. The summed E-state index contributed by atoms with van der Waals surface area (Å²) in [6.45, 7) is 10.9. The number of hydrogen-bond acceptors (Lipinski definition) is 35. The number of esters is 3. The van der Waals surface area contributed by atoms with Crippen molar-refractivity contribution in [2.24, 2.45) is 5.73 Å². The number of rotatable bonds is 55. The number of aliphatic hydroxyl groups is 1. The van der Waals surface area contributed by atoms with Crippen LogP contribution >= 0.6 is 58.6 Å². The first-order valence-corrected chi connectivity index (χ1v) is 45.0. The number of carbonyl (C=O) groups excluding carboxylic acids is 21. The van der Waals surface area contributed by atoms with E-state index in [9.17, 15) is 105 Å². The summed E-state index contributed by atoms with van der Waals surface area (Å²) in [5, 5.41) is 65.7. The lowest BCUT2D eigenvalue weighted by molar-refractivity contribution is -0.144. The third kappa shape index (κ3) is 75.1. The van der Waals surface area contributed by atoms with E-state index in [1.807, 2.05) is 0 Å². The summed E-state index contributed by atoms with van der Waals surface area (Å²) in [5.41, 5.74) is 8.05. The monoisotopic (exact) mass is 1970 g/mol. The normalized spacial score (nSPS) is 9.83. The molecule has 12 amide bonds. The van der Waals surface area contributed by atoms with Crippen LogP contribution in [0.25, 0.3) is 0 Å². The lowest BCUT2D eigenvalue weighted by atomic mass is 9.89. The Hall–Kier alpha value is -12.5. The van der Waals surface area contributed by atoms with E-state index in [2.05, 4.69) is 87.4 Å². The second kappa shape index (κ2) is 79.1. The number of thioether (sulfide) groups is 4. The van der Waals surface area contributed by atoms with Crippen LogP contribution in [0.3, 0.4) is 0 Å². The van der Waals surface area contributed by atoms with Gasteiger partial charge in [0.1, 0.15) is 26.2 Å². The number of benzene rings is 4. The lowest BCUT2D eigenvalue weighted by Crippen LogP contribution is -2.43. The fourth-order valence-corrected chi connectivity index (χ4v) is 10.8. The van der Waals surface area contributed by atoms with E-state index in [0.29, 0.717) is 91.6 Å². The van der Waals surface area contributed by atoms with Crippen molar-refractivity contribution >= 4 is 199 Å². The molecule has 0 unspecified atom stereocenters. The van der Waals surface area contributed by atoms with E-state index in [0.717, 1.165) is 47.0 Å². The lowest BCUT2D eigenvalue weighted by Gasteiger charge is -2.09. The number of carbonyl (C=O) groups is 22. The molecule has 4 rings (SSSR count). The minimum Gasteiger partial charge on any atom is -0.480 e. The second-order valence-electron chi connectivity index (χ2n) is 26.7. The van der Waals surface area contributed by atoms with Gasteiger partial charge >= 0.3 is 38.0 Å². The Balaban J connectivity index is 0. The number of hydrogen-bond donors (Lipinski definition) is 19. The average molecular weight is 1970 g/mol. The maximum Gasteiger partial charge on any atom is 0.373 e. The Morgan fingerprint density at radius 3 is 0.806 bits per heavy atom. The van der Waals surface area contributed by atoms with Crippen molar-refractivity contribution in [3.05, 3.63) is 168 Å². The van der Waals surface area contributed by atoms with Crippen molar-refractivity contribution in [1.29, 1.82) is 0 Å². The van der Waals surface area contributed by atoms with E-state index < -0.39 is 127 Å². The Morgan fingerprint density at radius 1 is 0.343 bits per heavy atom. The van der Waals surface area contributed by atoms with Gasteiger partial charge in [0, 0.05) is 40.9 Å². The van der Waals surface area contributed by atoms with Gasteiger partial charge in [0.2, 0.25) is 96.6 Å². The molecule has 44 nitrogen and oxygen atoms in total. The first-order chi connectivity index (χ1) is 63.7. The van der Waals surface area contributed by atoms with Gasteiger partial charge in [-0.2, -0.15) is 0 Å². The molecule has 0 saturated heterocycles. The molecule has 0 spiro atoms. The second-order valence-corrected chi connectivity index (χ2v) is 30.8. The van der Waals surface area contributed by atoms with Crippen molar-refractivity contribution in [1.82, 2.24) is 74.3 Å². The first-order valence-electron chi connectivity index (χ1n) is 40.6. The third-order valence-corrected chi connectivity index (χ3v) is 18.9. The molecule has 20 N–H and O–H groups in total. The smallest absolute Gasteiger partial charge is 0.373 e. The van der Waals surface area contributed by atoms with Gasteiger partial charge in [-0.05, 0) is 96.4 Å². The number of carboxylic acid groups (broad SMARTS) is 1. The Morgan fingerprint density at radius 2 is 0.575 bits per heavy atom. The number of allylic oxidation sites excluding steroid dienone is 2. The number of amides is 12. The number of nitrogens with two attached hydrogens (primary N) is 1. The number of carboxylic acids is 1. The summed E-state index contributed by atoms with van der Waals surface area (Å²) in [6, 6.07) is 34.0. The van der Waals surface area contributed by atoms with Gasteiger partial charge in [-0.25, -0.2) is 0 Å². The van der Waals surface area contributed by atoms with Crippen LogP contribution in [0.15, 0.2) is 146 Å². The van der Waals surface area contributed by atoms with Crippen molar-refractivity contribution < 1.29 is 140 Å². The summed E-state index contributed by atoms with van der Waals surface area (Å²) >= 11 is 8.15. The molecule has 0 aliphatic rings. The summed E-state index contributed by atoms with van der Waals surface area (Å²) in [5.74, 6) is -10.5. The third-order valence-electron chi connectivity index (χ3n) is 15.0. The van der Waals surface area contributed by atoms with Crippen LogP contribution in [0.5, 0.6) is 0 Å². The standard InChI is InChI=1S/C23H29N3O7S.C19H27BN4O7S.C18H24N4O6S.C15H17N3O6S.C4H12BNO2.C4H5ClO/c1-16(2)18(27)10-6-7-11-33-22(31)14-26-20(29)12-24-19(28)13-25-21(30)15-34-23(32)17-8-4-3-5-9-17;1-20(30)24-8-5-9-31-18(28)12-23-16(26)10-21-15(25)11-22-17(27)13-32-19(29)14-6-3-2-4-7-14;19-7-4-8-28-17(26)11-22-15(24)9-20-14(23)10-21-16(25)12-29-18(27)13-5-2-1-3-6-13;19-11(16-6-12(20)18-8-14(22)23)7-17-13(21)9-25-15(24)10-4-2-1-3-5-10;1-5(8)6-3-2-4-7;1-3(2)4(5)6/h3-5,8-9H,1,6-7,10-15H2,2H3,(H,24,28)(H,25,30)(H,26,29);2-4,6-7,24,30H,5,8-13H2,1H3,(H,21,25)(H,22,27)(H,23,26);1-3,5-6H,4,7-12,19H2,(H,20,23)(H,21,25)(H,22,24);1-5H,6-9H2,(H,16,19)(H,17,21)(H,18,20)(H,22,23);6-8H,2-4H2,1H3;1H2,2H3. The number of aliphatic hydroxyl groups excluding tert-OH is 1. The summed E-state index contributed by atoms with van der Waals surface area (Å²) in [4.78, 5) is 253. The number of ether oxygens (including phenoxy) is 3. The van der Waals surface area contributed by atoms with Crippen LogP contribution in [0.1, 0.15) is 93.8 Å². The number of aliphatic carboxylic acids is 1. The number of ketones is 1. The maximum absolute atomic E-state index is 11.9. The molecular weight excluding hydrogens is 1860 g/mol. The van der Waals surface area contributed by atoms with E-state index in [1.54, 1.807) is 149 Å². The number of unbranched alkanes of at least 4 members (excludes halogenated alkanes) is 1. The molecule has 0 heterocycles. The molecule has 4 aromatic rings. The highest BCUT2D eigenvalue weighted by Gasteiger charge is 2.19. The van der Waals surface area contributed by atoms with E-state index >= 15 is 0 Å². The van der Waals surface area contributed by atoms with E-state index in [-0.39, 0.29) is 141 Å². The minimum atomic E-state index is -1.20. The van der Waals surface area contributed by atoms with Gasteiger partial charge < -0.3 is 114 Å². The van der Waals surface area contributed by atoms with Gasteiger partial charge in [-0.1, -0.05) is 182 Å². The van der Waals surface area contributed by atoms with E-state index in [1.165, 1.54) is 0 Å². The predicted molar refractivity (Wildman–Crippen MR) is 503 cm³/mol. The molecular formula is C83H114B2ClN15O29S4. The fraction of sp³-hybridized carbons (Fsp3) is 0.398. The van der Waals surface area contributed by atoms with Crippen LogP contribution < -0.4 is 80.0 Å². The fourth-order valence-electron chi connectivity index (χ4n) is 8.14. The molecule has 51 heteroatoms. The van der Waals surface area contributed by atoms with Gasteiger partial charge in [-0.3, -0.25) is 105 Å². The summed E-state index contributed by atoms with van der Waals surface area (Å²) in [7, 11) is -1.10. The highest BCUT2D eigenvalue weighted by atomic mass is 35.5.